The van der Waals surface area contributed by atoms with Gasteiger partial charge in [0.2, 0.25) is 0 Å². The van der Waals surface area contributed by atoms with E-state index in [2.05, 4.69) is 5.16 Å². The predicted molar refractivity (Wildman–Crippen MR) is 76.8 cm³/mol. The summed E-state index contributed by atoms with van der Waals surface area (Å²) in [6.45, 7) is 2.85. The maximum absolute atomic E-state index is 13.6. The molecule has 0 saturated carbocycles. The van der Waals surface area contributed by atoms with E-state index >= 15 is 0 Å². The number of aryl methyl sites for hydroxylation is 2. The van der Waals surface area contributed by atoms with E-state index in [0.29, 0.717) is 5.39 Å². The summed E-state index contributed by atoms with van der Waals surface area (Å²) in [6, 6.07) is 5.43. The summed E-state index contributed by atoms with van der Waals surface area (Å²) in [6.07, 6.45) is 0. The quantitative estimate of drug-likeness (QED) is 0.786. The molecule has 9 heteroatoms. The number of aromatic nitrogens is 1. The predicted octanol–water partition coefficient (Wildman–Crippen LogP) is 2.30. The largest absolute Gasteiger partial charge is 0.448 e. The zero-order chi connectivity index (χ0) is 16.8. The van der Waals surface area contributed by atoms with Crippen molar-refractivity contribution in [2.75, 3.05) is 0 Å². The Kier molecular flexibility index (Phi) is 3.44. The number of carbonyl (C=O) groups is 1. The third kappa shape index (κ3) is 2.59. The molecule has 0 bridgehead atoms. The van der Waals surface area contributed by atoms with Crippen LogP contribution in [0.3, 0.4) is 0 Å². The Morgan fingerprint density at radius 1 is 1.30 bits per heavy atom. The van der Waals surface area contributed by atoms with Crippen molar-refractivity contribution in [2.24, 2.45) is 0 Å². The number of benzene rings is 1. The normalized spacial score (nSPS) is 11.8. The van der Waals surface area contributed by atoms with Crippen molar-refractivity contribution >= 4 is 26.9 Å². The maximum atomic E-state index is 13.6. The number of para-hydroxylation sites is 1. The lowest BCUT2D eigenvalue weighted by atomic mass is 10.2. The Labute approximate surface area is 130 Å². The first kappa shape index (κ1) is 15.2. The molecule has 0 saturated heterocycles. The van der Waals surface area contributed by atoms with Gasteiger partial charge in [-0.1, -0.05) is 17.3 Å². The molecule has 3 rings (SSSR count). The van der Waals surface area contributed by atoms with E-state index in [1.54, 1.807) is 6.07 Å². The van der Waals surface area contributed by atoms with E-state index in [1.165, 1.54) is 32.0 Å². The van der Waals surface area contributed by atoms with Crippen molar-refractivity contribution in [3.05, 3.63) is 47.3 Å². The van der Waals surface area contributed by atoms with Crippen molar-refractivity contribution in [3.63, 3.8) is 0 Å². The van der Waals surface area contributed by atoms with Gasteiger partial charge in [-0.25, -0.2) is 17.5 Å². The van der Waals surface area contributed by atoms with Gasteiger partial charge >= 0.3 is 5.91 Å². The smallest absolute Gasteiger partial charge is 0.300 e. The van der Waals surface area contributed by atoms with Crippen LogP contribution in [0.1, 0.15) is 22.0 Å². The van der Waals surface area contributed by atoms with E-state index in [9.17, 15) is 17.6 Å². The van der Waals surface area contributed by atoms with Gasteiger partial charge in [0.15, 0.2) is 27.8 Å². The second kappa shape index (κ2) is 5.20. The summed E-state index contributed by atoms with van der Waals surface area (Å²) in [7, 11) is -4.18. The van der Waals surface area contributed by atoms with Crippen LogP contribution in [0, 0.1) is 19.7 Å². The Morgan fingerprint density at radius 3 is 2.65 bits per heavy atom. The molecule has 23 heavy (non-hydrogen) atoms. The van der Waals surface area contributed by atoms with E-state index in [0.717, 1.165) is 0 Å². The van der Waals surface area contributed by atoms with Crippen molar-refractivity contribution in [1.82, 2.24) is 9.88 Å². The highest BCUT2D eigenvalue weighted by atomic mass is 32.2. The fraction of sp³-hybridized carbons (Fsp3) is 0.143. The third-order valence-electron chi connectivity index (χ3n) is 3.18. The van der Waals surface area contributed by atoms with Crippen LogP contribution in [-0.2, 0) is 10.0 Å². The number of furan rings is 1. The van der Waals surface area contributed by atoms with Gasteiger partial charge in [-0.15, -0.1) is 0 Å². The molecule has 2 aromatic heterocycles. The van der Waals surface area contributed by atoms with Crippen LogP contribution in [0.2, 0.25) is 0 Å². The fourth-order valence-electron chi connectivity index (χ4n) is 2.22. The number of halogens is 1. The van der Waals surface area contributed by atoms with Crippen molar-refractivity contribution < 1.29 is 26.5 Å². The fourth-order valence-corrected chi connectivity index (χ4v) is 3.51. The standard InChI is InChI=1S/C14H11FN2O5S/c1-7-13(8(2)22-16-7)23(19,20)17-14(18)11-6-9-4-3-5-10(15)12(9)21-11/h3-6H,1-2H3,(H,17,18). The number of hydrogen-bond acceptors (Lipinski definition) is 6. The highest BCUT2D eigenvalue weighted by Gasteiger charge is 2.28. The zero-order valence-corrected chi connectivity index (χ0v) is 12.9. The highest BCUT2D eigenvalue weighted by molar-refractivity contribution is 7.90. The summed E-state index contributed by atoms with van der Waals surface area (Å²) < 4.78 is 49.8. The molecule has 0 aliphatic carbocycles. The molecule has 2 heterocycles. The van der Waals surface area contributed by atoms with E-state index in [1.807, 2.05) is 4.72 Å². The van der Waals surface area contributed by atoms with Gasteiger partial charge in [-0.2, -0.15) is 0 Å². The number of nitrogens with one attached hydrogen (secondary N) is 1. The minimum absolute atomic E-state index is 0.0541. The summed E-state index contributed by atoms with van der Waals surface area (Å²) >= 11 is 0. The minimum atomic E-state index is -4.18. The summed E-state index contributed by atoms with van der Waals surface area (Å²) in [5, 5.41) is 3.88. The number of rotatable bonds is 3. The molecule has 1 N–H and O–H groups in total. The molecule has 0 radical (unpaired) electrons. The molecule has 0 atom stereocenters. The zero-order valence-electron chi connectivity index (χ0n) is 12.1. The van der Waals surface area contributed by atoms with Crippen LogP contribution in [-0.4, -0.2) is 19.5 Å². The number of hydrogen-bond donors (Lipinski definition) is 1. The number of amides is 1. The van der Waals surface area contributed by atoms with Crippen LogP contribution in [0.25, 0.3) is 11.0 Å². The first-order valence-corrected chi connectivity index (χ1v) is 7.96. The van der Waals surface area contributed by atoms with Crippen LogP contribution in [0.15, 0.2) is 38.1 Å². The number of nitrogens with zero attached hydrogens (tertiary/aromatic N) is 1. The van der Waals surface area contributed by atoms with Crippen LogP contribution in [0.5, 0.6) is 0 Å². The van der Waals surface area contributed by atoms with Crippen LogP contribution >= 0.6 is 0 Å². The monoisotopic (exact) mass is 338 g/mol. The Balaban J connectivity index is 1.96. The molecule has 0 aliphatic rings. The second-order valence-corrected chi connectivity index (χ2v) is 6.48. The van der Waals surface area contributed by atoms with E-state index in [-0.39, 0.29) is 27.7 Å². The molecule has 1 aromatic carbocycles. The lowest BCUT2D eigenvalue weighted by Crippen LogP contribution is -2.30. The Morgan fingerprint density at radius 2 is 2.04 bits per heavy atom. The maximum Gasteiger partial charge on any atom is 0.300 e. The van der Waals surface area contributed by atoms with Crippen LogP contribution < -0.4 is 4.72 Å². The third-order valence-corrected chi connectivity index (χ3v) is 4.76. The SMILES string of the molecule is Cc1noc(C)c1S(=O)(=O)NC(=O)c1cc2cccc(F)c2o1. The van der Waals surface area contributed by atoms with Gasteiger partial charge in [0.05, 0.1) is 0 Å². The van der Waals surface area contributed by atoms with Crippen molar-refractivity contribution in [3.8, 4) is 0 Å². The van der Waals surface area contributed by atoms with Gasteiger partial charge in [-0.3, -0.25) is 4.79 Å². The molecule has 120 valence electrons. The van der Waals surface area contributed by atoms with Gasteiger partial charge in [-0.05, 0) is 26.0 Å². The molecular formula is C14H11FN2O5S. The average Bonchev–Trinajstić information content (AvgIpc) is 3.03. The minimum Gasteiger partial charge on any atom is -0.448 e. The van der Waals surface area contributed by atoms with E-state index in [4.69, 9.17) is 8.94 Å². The van der Waals surface area contributed by atoms with Gasteiger partial charge < -0.3 is 8.94 Å². The molecule has 3 aromatic rings. The topological polar surface area (TPSA) is 102 Å². The Hall–Kier alpha value is -2.68. The second-order valence-electron chi connectivity index (χ2n) is 4.86. The first-order chi connectivity index (χ1) is 10.8. The lowest BCUT2D eigenvalue weighted by Gasteiger charge is -2.04. The number of fused-ring (bicyclic) bond motifs is 1. The van der Waals surface area contributed by atoms with Gasteiger partial charge in [0.1, 0.15) is 5.69 Å². The molecule has 0 fully saturated rings. The molecular weight excluding hydrogens is 327 g/mol. The molecule has 1 amide bonds. The van der Waals surface area contributed by atoms with Gasteiger partial charge in [0, 0.05) is 5.39 Å². The average molecular weight is 338 g/mol. The summed E-state index contributed by atoms with van der Waals surface area (Å²) in [5.74, 6) is -1.92. The van der Waals surface area contributed by atoms with Crippen molar-refractivity contribution in [2.45, 2.75) is 18.7 Å². The summed E-state index contributed by atoms with van der Waals surface area (Å²) in [4.78, 5) is 11.9. The van der Waals surface area contributed by atoms with E-state index < -0.39 is 21.7 Å². The number of sulfonamides is 1. The van der Waals surface area contributed by atoms with Crippen molar-refractivity contribution in [1.29, 1.82) is 0 Å². The molecule has 7 nitrogen and oxygen atoms in total. The molecule has 0 spiro atoms. The first-order valence-electron chi connectivity index (χ1n) is 6.47. The van der Waals surface area contributed by atoms with Crippen LogP contribution in [0.4, 0.5) is 4.39 Å². The highest BCUT2D eigenvalue weighted by Crippen LogP contribution is 2.23. The Bertz CT molecular complexity index is 1000. The molecule has 0 unspecified atom stereocenters. The lowest BCUT2D eigenvalue weighted by molar-refractivity contribution is 0.0956. The number of carbonyl (C=O) groups excluding carboxylic acids is 1. The summed E-state index contributed by atoms with van der Waals surface area (Å²) in [5.41, 5.74) is 0.00540. The molecule has 0 aliphatic heterocycles. The van der Waals surface area contributed by atoms with Gasteiger partial charge in [0.25, 0.3) is 10.0 Å².